The van der Waals surface area contributed by atoms with Crippen LogP contribution in [0.3, 0.4) is 0 Å². The first-order chi connectivity index (χ1) is 13.0. The van der Waals surface area contributed by atoms with Crippen molar-refractivity contribution in [2.24, 2.45) is 0 Å². The zero-order chi connectivity index (χ0) is 19.0. The molecule has 0 aliphatic carbocycles. The van der Waals surface area contributed by atoms with Gasteiger partial charge in [0.25, 0.3) is 5.78 Å². The summed E-state index contributed by atoms with van der Waals surface area (Å²) in [5, 5.41) is 8.23. The monoisotopic (exact) mass is 363 g/mol. The molecule has 0 bridgehead atoms. The Morgan fingerprint density at radius 3 is 2.93 bits per heavy atom. The van der Waals surface area contributed by atoms with E-state index < -0.39 is 0 Å². The van der Waals surface area contributed by atoms with E-state index in [2.05, 4.69) is 20.4 Å². The van der Waals surface area contributed by atoms with Crippen molar-refractivity contribution in [1.82, 2.24) is 24.9 Å². The topological polar surface area (TPSA) is 85.3 Å². The SMILES string of the molecule is Cc1nc2ncnn2c(C)c1CCC(=O)N[C@H](C)c1cc2ccccc2o1. The first-order valence-electron chi connectivity index (χ1n) is 8.96. The van der Waals surface area contributed by atoms with Crippen LogP contribution in [0.15, 0.2) is 41.1 Å². The summed E-state index contributed by atoms with van der Waals surface area (Å²) in [4.78, 5) is 21.0. The molecule has 0 aliphatic heterocycles. The highest BCUT2D eigenvalue weighted by Gasteiger charge is 2.16. The molecule has 0 radical (unpaired) electrons. The number of benzene rings is 1. The van der Waals surface area contributed by atoms with E-state index in [0.717, 1.165) is 33.7 Å². The molecule has 138 valence electrons. The molecule has 0 fully saturated rings. The van der Waals surface area contributed by atoms with Crippen LogP contribution in [0.4, 0.5) is 0 Å². The molecule has 0 saturated carbocycles. The van der Waals surface area contributed by atoms with Gasteiger partial charge in [0.15, 0.2) is 0 Å². The summed E-state index contributed by atoms with van der Waals surface area (Å²) >= 11 is 0. The van der Waals surface area contributed by atoms with Crippen LogP contribution in [0.5, 0.6) is 0 Å². The second-order valence-corrected chi connectivity index (χ2v) is 6.71. The number of carbonyl (C=O) groups is 1. The average molecular weight is 363 g/mol. The van der Waals surface area contributed by atoms with Crippen LogP contribution in [-0.2, 0) is 11.2 Å². The Kier molecular flexibility index (Phi) is 4.35. The summed E-state index contributed by atoms with van der Waals surface area (Å²) in [7, 11) is 0. The second kappa shape index (κ2) is 6.83. The third-order valence-electron chi connectivity index (χ3n) is 4.84. The molecule has 0 saturated heterocycles. The highest BCUT2D eigenvalue weighted by Crippen LogP contribution is 2.23. The van der Waals surface area contributed by atoms with Crippen LogP contribution in [-0.4, -0.2) is 25.5 Å². The number of carbonyl (C=O) groups excluding carboxylic acids is 1. The molecule has 1 N–H and O–H groups in total. The van der Waals surface area contributed by atoms with E-state index in [0.29, 0.717) is 18.6 Å². The van der Waals surface area contributed by atoms with E-state index in [1.807, 2.05) is 51.1 Å². The standard InChI is InChI=1S/C20H21N5O2/c1-12-16(14(3)25-20(24-12)21-11-22-25)8-9-19(26)23-13(2)18-10-15-6-4-5-7-17(15)27-18/h4-7,10-11,13H,8-9H2,1-3H3,(H,23,26)/t13-/m1/s1. The minimum Gasteiger partial charge on any atom is -0.459 e. The van der Waals surface area contributed by atoms with Crippen molar-refractivity contribution >= 4 is 22.7 Å². The molecule has 27 heavy (non-hydrogen) atoms. The number of aromatic nitrogens is 4. The van der Waals surface area contributed by atoms with Gasteiger partial charge >= 0.3 is 0 Å². The fraction of sp³-hybridized carbons (Fsp3) is 0.300. The summed E-state index contributed by atoms with van der Waals surface area (Å²) in [5.74, 6) is 1.31. The lowest BCUT2D eigenvalue weighted by molar-refractivity contribution is -0.121. The molecular formula is C20H21N5O2. The van der Waals surface area contributed by atoms with Gasteiger partial charge in [-0.15, -0.1) is 0 Å². The van der Waals surface area contributed by atoms with Gasteiger partial charge in [-0.3, -0.25) is 4.79 Å². The first-order valence-corrected chi connectivity index (χ1v) is 8.96. The van der Waals surface area contributed by atoms with Gasteiger partial charge < -0.3 is 9.73 Å². The number of furan rings is 1. The van der Waals surface area contributed by atoms with Gasteiger partial charge in [-0.2, -0.15) is 10.1 Å². The van der Waals surface area contributed by atoms with Crippen molar-refractivity contribution < 1.29 is 9.21 Å². The maximum atomic E-state index is 12.4. The lowest BCUT2D eigenvalue weighted by Gasteiger charge is -2.13. The van der Waals surface area contributed by atoms with Gasteiger partial charge in [-0.05, 0) is 44.9 Å². The maximum absolute atomic E-state index is 12.4. The van der Waals surface area contributed by atoms with Crippen molar-refractivity contribution in [3.8, 4) is 0 Å². The third kappa shape index (κ3) is 3.28. The molecule has 3 aromatic heterocycles. The molecule has 1 atom stereocenters. The molecule has 0 unspecified atom stereocenters. The first kappa shape index (κ1) is 17.2. The quantitative estimate of drug-likeness (QED) is 0.588. The van der Waals surface area contributed by atoms with Gasteiger partial charge in [-0.25, -0.2) is 9.50 Å². The summed E-state index contributed by atoms with van der Waals surface area (Å²) in [6.07, 6.45) is 2.45. The van der Waals surface area contributed by atoms with E-state index in [1.165, 1.54) is 6.33 Å². The lowest BCUT2D eigenvalue weighted by Crippen LogP contribution is -2.26. The Hall–Kier alpha value is -3.22. The maximum Gasteiger partial charge on any atom is 0.252 e. The van der Waals surface area contributed by atoms with Crippen molar-refractivity contribution in [2.45, 2.75) is 39.7 Å². The van der Waals surface area contributed by atoms with Gasteiger partial charge in [0, 0.05) is 23.2 Å². The fourth-order valence-corrected chi connectivity index (χ4v) is 3.36. The van der Waals surface area contributed by atoms with Crippen molar-refractivity contribution in [1.29, 1.82) is 0 Å². The Balaban J connectivity index is 1.43. The molecule has 7 heteroatoms. The molecule has 3 heterocycles. The van der Waals surface area contributed by atoms with E-state index in [9.17, 15) is 4.79 Å². The third-order valence-corrected chi connectivity index (χ3v) is 4.84. The molecule has 0 aliphatic rings. The highest BCUT2D eigenvalue weighted by atomic mass is 16.3. The zero-order valence-electron chi connectivity index (χ0n) is 15.6. The van der Waals surface area contributed by atoms with Gasteiger partial charge in [0.05, 0.1) is 6.04 Å². The highest BCUT2D eigenvalue weighted by molar-refractivity contribution is 5.79. The number of nitrogens with zero attached hydrogens (tertiary/aromatic N) is 4. The van der Waals surface area contributed by atoms with Crippen molar-refractivity contribution in [2.75, 3.05) is 0 Å². The number of rotatable bonds is 5. The minimum atomic E-state index is -0.192. The van der Waals surface area contributed by atoms with Crippen LogP contribution in [0.1, 0.15) is 42.1 Å². The zero-order valence-corrected chi connectivity index (χ0v) is 15.6. The Morgan fingerprint density at radius 1 is 1.30 bits per heavy atom. The number of amides is 1. The number of hydrogen-bond donors (Lipinski definition) is 1. The van der Waals surface area contributed by atoms with Crippen LogP contribution in [0.25, 0.3) is 16.7 Å². The van der Waals surface area contributed by atoms with Crippen molar-refractivity contribution in [3.05, 3.63) is 59.4 Å². The normalized spacial score (nSPS) is 12.6. The molecule has 4 aromatic rings. The average Bonchev–Trinajstić information content (AvgIpc) is 3.27. The Bertz CT molecular complexity index is 1100. The number of aryl methyl sites for hydroxylation is 2. The smallest absolute Gasteiger partial charge is 0.252 e. The minimum absolute atomic E-state index is 0.0274. The Labute approximate surface area is 156 Å². The molecule has 4 rings (SSSR count). The number of para-hydroxylation sites is 1. The predicted molar refractivity (Wildman–Crippen MR) is 101 cm³/mol. The molecule has 1 amide bonds. The molecule has 0 spiro atoms. The summed E-state index contributed by atoms with van der Waals surface area (Å²) in [6, 6.07) is 9.60. The largest absolute Gasteiger partial charge is 0.459 e. The number of nitrogens with one attached hydrogen (secondary N) is 1. The van der Waals surface area contributed by atoms with Crippen molar-refractivity contribution in [3.63, 3.8) is 0 Å². The van der Waals surface area contributed by atoms with E-state index >= 15 is 0 Å². The van der Waals surface area contributed by atoms with E-state index in [4.69, 9.17) is 4.42 Å². The second-order valence-electron chi connectivity index (χ2n) is 6.71. The summed E-state index contributed by atoms with van der Waals surface area (Å²) in [6.45, 7) is 5.84. The Morgan fingerprint density at radius 2 is 2.11 bits per heavy atom. The van der Waals surface area contributed by atoms with Gasteiger partial charge in [0.1, 0.15) is 17.7 Å². The summed E-state index contributed by atoms with van der Waals surface area (Å²) < 4.78 is 7.53. The van der Waals surface area contributed by atoms with E-state index in [1.54, 1.807) is 4.52 Å². The number of hydrogen-bond acceptors (Lipinski definition) is 5. The lowest BCUT2D eigenvalue weighted by atomic mass is 10.1. The van der Waals surface area contributed by atoms with Gasteiger partial charge in [-0.1, -0.05) is 18.2 Å². The molecule has 1 aromatic carbocycles. The van der Waals surface area contributed by atoms with Crippen LogP contribution in [0, 0.1) is 13.8 Å². The predicted octanol–water partition coefficient (Wildman–Crippen LogP) is 3.30. The number of fused-ring (bicyclic) bond motifs is 2. The van der Waals surface area contributed by atoms with E-state index in [-0.39, 0.29) is 11.9 Å². The summed E-state index contributed by atoms with van der Waals surface area (Å²) in [5.41, 5.74) is 3.70. The molecule has 7 nitrogen and oxygen atoms in total. The van der Waals surface area contributed by atoms with Gasteiger partial charge in [0.2, 0.25) is 5.91 Å². The van der Waals surface area contributed by atoms with Crippen LogP contribution < -0.4 is 5.32 Å². The fourth-order valence-electron chi connectivity index (χ4n) is 3.36. The van der Waals surface area contributed by atoms with Crippen LogP contribution >= 0.6 is 0 Å². The molecular weight excluding hydrogens is 342 g/mol. The van der Waals surface area contributed by atoms with Crippen LogP contribution in [0.2, 0.25) is 0 Å².